The van der Waals surface area contributed by atoms with E-state index in [1.807, 2.05) is 27.7 Å². The second-order valence-electron chi connectivity index (χ2n) is 20.0. The molecule has 0 spiro atoms. The number of carbonyl (C=O) groups excluding carboxylic acids is 3. The molecule has 0 radical (unpaired) electrons. The Labute approximate surface area is 339 Å². The number of aldehydes is 1. The van der Waals surface area contributed by atoms with Gasteiger partial charge in [0.15, 0.2) is 34.0 Å². The number of methoxy groups -OCH3 is 3. The summed E-state index contributed by atoms with van der Waals surface area (Å²) in [7, 11) is -0.548. The van der Waals surface area contributed by atoms with Crippen LogP contribution in [0.25, 0.3) is 0 Å². The molecule has 3 saturated heterocycles. The number of esters is 2. The number of ether oxygens (including phenoxy) is 8. The lowest BCUT2D eigenvalue weighted by Crippen LogP contribution is -2.61. The van der Waals surface area contributed by atoms with E-state index in [9.17, 15) is 14.4 Å². The van der Waals surface area contributed by atoms with Crippen LogP contribution in [0.2, 0.25) is 36.3 Å². The summed E-state index contributed by atoms with van der Waals surface area (Å²) >= 11 is 0. The second kappa shape index (κ2) is 18.6. The van der Waals surface area contributed by atoms with Crippen molar-refractivity contribution in [2.75, 3.05) is 21.3 Å². The summed E-state index contributed by atoms with van der Waals surface area (Å²) in [5.74, 6) is -5.02. The Morgan fingerprint density at radius 3 is 1.89 bits per heavy atom. The van der Waals surface area contributed by atoms with E-state index in [0.29, 0.717) is 32.1 Å². The van der Waals surface area contributed by atoms with Crippen molar-refractivity contribution in [2.24, 2.45) is 5.92 Å². The zero-order valence-electron chi connectivity index (χ0n) is 37.7. The third-order valence-electron chi connectivity index (χ3n) is 12.5. The summed E-state index contributed by atoms with van der Waals surface area (Å²) in [6, 6.07) is 0. The molecule has 3 aliphatic rings. The van der Waals surface area contributed by atoms with Crippen LogP contribution in [0.4, 0.5) is 0 Å². The predicted molar refractivity (Wildman–Crippen MR) is 217 cm³/mol. The monoisotopic (exact) mass is 832 g/mol. The lowest BCUT2D eigenvalue weighted by molar-refractivity contribution is -0.346. The minimum Gasteiger partial charge on any atom is -0.469 e. The molecule has 9 atom stereocenters. The van der Waals surface area contributed by atoms with Gasteiger partial charge in [0.1, 0.15) is 12.2 Å². The van der Waals surface area contributed by atoms with Gasteiger partial charge in [0.05, 0.1) is 63.4 Å². The van der Waals surface area contributed by atoms with Gasteiger partial charge in [-0.25, -0.2) is 0 Å². The lowest BCUT2D eigenvalue weighted by atomic mass is 9.83. The number of hydrogen-bond acceptors (Lipinski definition) is 13. The second-order valence-corrected chi connectivity index (χ2v) is 29.5. The highest BCUT2D eigenvalue weighted by molar-refractivity contribution is 6.74. The summed E-state index contributed by atoms with van der Waals surface area (Å²) in [6.45, 7) is 29.4. The molecule has 0 aromatic rings. The normalized spacial score (nSPS) is 32.0. The van der Waals surface area contributed by atoms with Crippen molar-refractivity contribution in [3.8, 4) is 0 Å². The number of rotatable bonds is 16. The average Bonchev–Trinajstić information content (AvgIpc) is 3.03. The Balaban J connectivity index is 2.00. The molecule has 56 heavy (non-hydrogen) atoms. The van der Waals surface area contributed by atoms with Gasteiger partial charge in [0.25, 0.3) is 0 Å². The molecular formula is C41H76O13Si2. The predicted octanol–water partition coefficient (Wildman–Crippen LogP) is 7.83. The Kier molecular flexibility index (Phi) is 16.3. The third kappa shape index (κ3) is 12.9. The highest BCUT2D eigenvalue weighted by atomic mass is 28.4. The molecule has 3 fully saturated rings. The quantitative estimate of drug-likeness (QED) is 0.0848. The standard InChI is InChI=1S/C41H76O13Si2/c1-37(2,3)55(14,15)53-30(19-18-27-22-28(20-21-42)49-39(7,8)48-27)31-23-29(50-40(9,10)51-31)25-41(47-13)26-33(54-56(16,17)38(4,5)6)35(36(44)46-12)32(52-41)24-34(43)45-11/h21,27-33,35H,18-20,22-26H2,1-17H3/t27-,28+,29+,30-,31-,32+,33+,35+,41-/m1/s1. The number of carbonyl (C=O) groups is 3. The first kappa shape index (κ1) is 49.1. The fourth-order valence-corrected chi connectivity index (χ4v) is 10.4. The van der Waals surface area contributed by atoms with Crippen LogP contribution in [-0.4, -0.2) is 116 Å². The molecule has 326 valence electrons. The van der Waals surface area contributed by atoms with Crippen LogP contribution in [0.5, 0.6) is 0 Å². The van der Waals surface area contributed by atoms with Crippen molar-refractivity contribution in [3.05, 3.63) is 0 Å². The van der Waals surface area contributed by atoms with Gasteiger partial charge < -0.3 is 51.5 Å². The van der Waals surface area contributed by atoms with Gasteiger partial charge in [-0.15, -0.1) is 0 Å². The Hall–Kier alpha value is -1.28. The van der Waals surface area contributed by atoms with E-state index in [-0.39, 0.29) is 53.8 Å². The molecule has 0 aromatic carbocycles. The van der Waals surface area contributed by atoms with Crippen molar-refractivity contribution < 1.29 is 61.1 Å². The Morgan fingerprint density at radius 2 is 1.36 bits per heavy atom. The maximum absolute atomic E-state index is 13.5. The fraction of sp³-hybridized carbons (Fsp3) is 0.927. The highest BCUT2D eigenvalue weighted by Gasteiger charge is 2.56. The number of hydrogen-bond donors (Lipinski definition) is 0. The van der Waals surface area contributed by atoms with Crippen LogP contribution >= 0.6 is 0 Å². The van der Waals surface area contributed by atoms with Gasteiger partial charge in [0.2, 0.25) is 0 Å². The molecule has 0 amide bonds. The molecule has 0 aromatic heterocycles. The summed E-state index contributed by atoms with van der Waals surface area (Å²) in [6.07, 6.45) is 0.917. The summed E-state index contributed by atoms with van der Waals surface area (Å²) in [5.41, 5.74) is 0. The molecule has 0 saturated carbocycles. The average molecular weight is 833 g/mol. The van der Waals surface area contributed by atoms with Crippen LogP contribution < -0.4 is 0 Å². The van der Waals surface area contributed by atoms with Gasteiger partial charge in [0, 0.05) is 39.2 Å². The molecule has 3 rings (SSSR count). The van der Waals surface area contributed by atoms with Crippen molar-refractivity contribution in [3.63, 3.8) is 0 Å². The van der Waals surface area contributed by atoms with Crippen molar-refractivity contribution in [1.29, 1.82) is 0 Å². The van der Waals surface area contributed by atoms with E-state index < -0.39 is 70.2 Å². The summed E-state index contributed by atoms with van der Waals surface area (Å²) in [5, 5.41) is -0.224. The first-order valence-electron chi connectivity index (χ1n) is 20.4. The van der Waals surface area contributed by atoms with Gasteiger partial charge in [-0.3, -0.25) is 9.59 Å². The molecule has 0 aliphatic carbocycles. The van der Waals surface area contributed by atoms with E-state index in [4.69, 9.17) is 46.7 Å². The summed E-state index contributed by atoms with van der Waals surface area (Å²) in [4.78, 5) is 37.7. The van der Waals surface area contributed by atoms with Crippen molar-refractivity contribution >= 4 is 34.9 Å². The van der Waals surface area contributed by atoms with Crippen LogP contribution in [0, 0.1) is 5.92 Å². The lowest BCUT2D eigenvalue weighted by Gasteiger charge is -2.52. The largest absolute Gasteiger partial charge is 0.469 e. The third-order valence-corrected chi connectivity index (χ3v) is 21.5. The Bertz CT molecular complexity index is 1320. The van der Waals surface area contributed by atoms with Crippen LogP contribution in [0.3, 0.4) is 0 Å². The molecule has 3 heterocycles. The van der Waals surface area contributed by atoms with Gasteiger partial charge in [-0.1, -0.05) is 41.5 Å². The fourth-order valence-electron chi connectivity index (χ4n) is 7.67. The molecular weight excluding hydrogens is 757 g/mol. The minimum absolute atomic E-state index is 0.0579. The van der Waals surface area contributed by atoms with Crippen LogP contribution in [0.15, 0.2) is 0 Å². The van der Waals surface area contributed by atoms with Gasteiger partial charge in [-0.2, -0.15) is 0 Å². The molecule has 15 heteroatoms. The maximum Gasteiger partial charge on any atom is 0.313 e. The molecule has 3 aliphatic heterocycles. The van der Waals surface area contributed by atoms with Gasteiger partial charge >= 0.3 is 11.9 Å². The molecule has 0 N–H and O–H groups in total. The molecule has 13 nitrogen and oxygen atoms in total. The smallest absolute Gasteiger partial charge is 0.313 e. The highest BCUT2D eigenvalue weighted by Crippen LogP contribution is 2.47. The zero-order chi connectivity index (χ0) is 42.7. The summed E-state index contributed by atoms with van der Waals surface area (Å²) < 4.78 is 63.4. The van der Waals surface area contributed by atoms with E-state index in [0.717, 1.165) is 6.29 Å². The zero-order valence-corrected chi connectivity index (χ0v) is 39.7. The van der Waals surface area contributed by atoms with E-state index in [2.05, 4.69) is 67.7 Å². The van der Waals surface area contributed by atoms with Gasteiger partial charge in [-0.05, 0) is 76.8 Å². The van der Waals surface area contributed by atoms with Crippen LogP contribution in [0.1, 0.15) is 121 Å². The maximum atomic E-state index is 13.5. The van der Waals surface area contributed by atoms with E-state index >= 15 is 0 Å². The minimum atomic E-state index is -2.46. The van der Waals surface area contributed by atoms with Crippen LogP contribution in [-0.2, 0) is 61.1 Å². The van der Waals surface area contributed by atoms with E-state index in [1.165, 1.54) is 14.2 Å². The molecule has 0 unspecified atom stereocenters. The SMILES string of the molecule is COC(=O)C[C@@H]1O[C@@](C[C@@H]2C[C@H]([C@@H](CC[C@@H]3C[C@H](CC=O)OC(C)(C)O3)O[Si](C)(C)C(C)(C)C)OC(C)(C)O2)(OC)C[C@H](O[Si](C)(C)C(C)(C)C)[C@H]1C(=O)OC. The topological polar surface area (TPSA) is 144 Å². The van der Waals surface area contributed by atoms with E-state index in [1.54, 1.807) is 7.11 Å². The Morgan fingerprint density at radius 1 is 0.786 bits per heavy atom. The first-order valence-corrected chi connectivity index (χ1v) is 26.2. The molecule has 0 bridgehead atoms. The van der Waals surface area contributed by atoms with Crippen molar-refractivity contribution in [2.45, 2.75) is 217 Å². The van der Waals surface area contributed by atoms with Crippen molar-refractivity contribution in [1.82, 2.24) is 0 Å². The first-order chi connectivity index (χ1) is 25.5.